The zero-order valence-electron chi connectivity index (χ0n) is 18.9. The lowest BCUT2D eigenvalue weighted by Crippen LogP contribution is -2.53. The molecular formula is C22H22F4N6O2S2. The van der Waals surface area contributed by atoms with Gasteiger partial charge in [-0.3, -0.25) is 4.90 Å². The lowest BCUT2D eigenvalue weighted by Gasteiger charge is -2.39. The first kappa shape index (κ1) is 23.8. The molecule has 2 bridgehead atoms. The Labute approximate surface area is 211 Å². The summed E-state index contributed by atoms with van der Waals surface area (Å²) in [5, 5.41) is 12.8. The summed E-state index contributed by atoms with van der Waals surface area (Å²) >= 11 is 0.869. The number of piperidine rings is 1. The van der Waals surface area contributed by atoms with Crippen LogP contribution in [0, 0.1) is 0 Å². The predicted octanol–water partition coefficient (Wildman–Crippen LogP) is 4.90. The van der Waals surface area contributed by atoms with Gasteiger partial charge in [0.1, 0.15) is 12.2 Å². The molecule has 3 aliphatic rings. The quantitative estimate of drug-likeness (QED) is 0.312. The molecule has 0 spiro atoms. The van der Waals surface area contributed by atoms with Gasteiger partial charge in [-0.25, -0.2) is 9.18 Å². The van der Waals surface area contributed by atoms with E-state index in [4.69, 9.17) is 4.52 Å². The first-order chi connectivity index (χ1) is 17.2. The fraction of sp³-hybridized carbons (Fsp3) is 0.500. The van der Waals surface area contributed by atoms with Crippen LogP contribution in [0.1, 0.15) is 31.2 Å². The number of fused-ring (bicyclic) bond motifs is 3. The van der Waals surface area contributed by atoms with Gasteiger partial charge in [-0.1, -0.05) is 17.3 Å². The minimum Gasteiger partial charge on any atom is -0.378 e. The van der Waals surface area contributed by atoms with E-state index in [9.17, 15) is 18.0 Å². The average Bonchev–Trinajstić information content (AvgIpc) is 3.58. The van der Waals surface area contributed by atoms with Gasteiger partial charge in [0.15, 0.2) is 0 Å². The standard InChI is InChI=1S/C22H22F4N6O2S2/c1-32-9-5-6-14(32)15(23)12(7-9)28-11-4-2-3-10-16(11)35-18(17(10)36-22(24,25)26)19-30-20(34-31-19)13-8-27-21(33)29-13/h2-4,9,12-15,28H,5-8H2,1H3,(H2,27,29,33)/t9-,12-,13-,14+,15-/m1/s1. The molecule has 3 aromatic rings. The Morgan fingerprint density at radius 2 is 2.14 bits per heavy atom. The first-order valence-electron chi connectivity index (χ1n) is 11.5. The number of thioether (sulfide) groups is 1. The van der Waals surface area contributed by atoms with Crippen molar-refractivity contribution in [1.82, 2.24) is 25.7 Å². The van der Waals surface area contributed by atoms with Crippen molar-refractivity contribution in [2.75, 3.05) is 18.9 Å². The van der Waals surface area contributed by atoms with E-state index < -0.39 is 23.8 Å². The second-order valence-corrected chi connectivity index (χ2v) is 11.3. The van der Waals surface area contributed by atoms with Gasteiger partial charge in [0.2, 0.25) is 5.82 Å². The van der Waals surface area contributed by atoms with Crippen molar-refractivity contribution < 1.29 is 26.9 Å². The SMILES string of the molecule is CN1[C@@H]2CC[C@H]1[C@H](F)[C@H](Nc1cccc3c(SC(F)(F)F)c(-c4noc([C@H]5CNC(=O)N5)n4)sc13)C2. The molecule has 1 aromatic carbocycles. The Morgan fingerprint density at radius 1 is 1.31 bits per heavy atom. The maximum absolute atomic E-state index is 15.3. The molecule has 8 nitrogen and oxygen atoms in total. The lowest BCUT2D eigenvalue weighted by molar-refractivity contribution is -0.0327. The monoisotopic (exact) mass is 542 g/mol. The van der Waals surface area contributed by atoms with Crippen LogP contribution in [0.4, 0.5) is 28.0 Å². The molecule has 6 rings (SSSR count). The summed E-state index contributed by atoms with van der Waals surface area (Å²) in [5.74, 6) is 0.106. The van der Waals surface area contributed by atoms with Gasteiger partial charge in [-0.2, -0.15) is 18.2 Å². The highest BCUT2D eigenvalue weighted by atomic mass is 32.2. The molecule has 2 amide bonds. The number of anilines is 1. The fourth-order valence-corrected chi connectivity index (χ4v) is 7.49. The van der Waals surface area contributed by atoms with E-state index in [2.05, 4.69) is 31.0 Å². The van der Waals surface area contributed by atoms with E-state index in [0.29, 0.717) is 22.2 Å². The number of hydrogen-bond donors (Lipinski definition) is 3. The van der Waals surface area contributed by atoms with Crippen LogP contribution in [0.5, 0.6) is 0 Å². The van der Waals surface area contributed by atoms with Crippen molar-refractivity contribution >= 4 is 44.9 Å². The highest BCUT2D eigenvalue weighted by Crippen LogP contribution is 2.51. The number of urea groups is 1. The molecule has 0 aliphatic carbocycles. The van der Waals surface area contributed by atoms with E-state index in [-0.39, 0.29) is 57.9 Å². The molecule has 36 heavy (non-hydrogen) atoms. The zero-order chi connectivity index (χ0) is 25.2. The third kappa shape index (κ3) is 4.18. The first-order valence-corrected chi connectivity index (χ1v) is 13.1. The summed E-state index contributed by atoms with van der Waals surface area (Å²) < 4.78 is 61.8. The third-order valence-electron chi connectivity index (χ3n) is 7.12. The summed E-state index contributed by atoms with van der Waals surface area (Å²) in [6.07, 6.45) is 1.29. The van der Waals surface area contributed by atoms with Gasteiger partial charge < -0.3 is 20.5 Å². The molecule has 2 aromatic heterocycles. The molecule has 5 heterocycles. The number of rotatable bonds is 5. The number of thiophene rings is 1. The van der Waals surface area contributed by atoms with Gasteiger partial charge in [0, 0.05) is 28.9 Å². The minimum atomic E-state index is -4.54. The van der Waals surface area contributed by atoms with E-state index in [1.807, 2.05) is 7.05 Å². The van der Waals surface area contributed by atoms with Crippen LogP contribution in [-0.4, -0.2) is 64.5 Å². The maximum atomic E-state index is 15.3. The number of hydrogen-bond acceptors (Lipinski definition) is 8. The van der Waals surface area contributed by atoms with Gasteiger partial charge in [0.25, 0.3) is 5.89 Å². The van der Waals surface area contributed by atoms with E-state index in [1.54, 1.807) is 18.2 Å². The van der Waals surface area contributed by atoms with E-state index in [1.165, 1.54) is 0 Å². The number of halogens is 4. The van der Waals surface area contributed by atoms with E-state index in [0.717, 1.165) is 24.2 Å². The smallest absolute Gasteiger partial charge is 0.378 e. The summed E-state index contributed by atoms with van der Waals surface area (Å²) in [6, 6.07) is 3.80. The average molecular weight is 543 g/mol. The van der Waals surface area contributed by atoms with Crippen LogP contribution in [0.25, 0.3) is 20.8 Å². The maximum Gasteiger partial charge on any atom is 0.446 e. The van der Waals surface area contributed by atoms with E-state index >= 15 is 4.39 Å². The molecule has 0 saturated carbocycles. The molecule has 0 unspecified atom stereocenters. The van der Waals surface area contributed by atoms with Gasteiger partial charge >= 0.3 is 11.5 Å². The second kappa shape index (κ2) is 8.77. The normalized spacial score (nSPS) is 28.5. The zero-order valence-corrected chi connectivity index (χ0v) is 20.6. The van der Waals surface area contributed by atoms with Crippen molar-refractivity contribution in [3.05, 3.63) is 24.1 Å². The molecular weight excluding hydrogens is 520 g/mol. The largest absolute Gasteiger partial charge is 0.446 e. The number of benzene rings is 1. The second-order valence-electron chi connectivity index (χ2n) is 9.25. The Balaban J connectivity index is 1.38. The Kier molecular flexibility index (Phi) is 5.80. The lowest BCUT2D eigenvalue weighted by atomic mass is 9.95. The minimum absolute atomic E-state index is 0.00533. The van der Waals surface area contributed by atoms with Gasteiger partial charge in [-0.05, 0) is 44.1 Å². The third-order valence-corrected chi connectivity index (χ3v) is 9.34. The number of nitrogens with zero attached hydrogens (tertiary/aromatic N) is 3. The number of aromatic nitrogens is 2. The highest BCUT2D eigenvalue weighted by molar-refractivity contribution is 8.00. The summed E-state index contributed by atoms with van der Waals surface area (Å²) in [6.45, 7) is 0.230. The number of nitrogens with one attached hydrogen (secondary N) is 3. The summed E-state index contributed by atoms with van der Waals surface area (Å²) in [7, 11) is 1.95. The van der Waals surface area contributed by atoms with Crippen molar-refractivity contribution in [1.29, 1.82) is 0 Å². The Morgan fingerprint density at radius 3 is 2.89 bits per heavy atom. The van der Waals surface area contributed by atoms with Crippen LogP contribution < -0.4 is 16.0 Å². The van der Waals surface area contributed by atoms with Gasteiger partial charge in [0.05, 0.1) is 21.3 Å². The Bertz CT molecular complexity index is 1310. The van der Waals surface area contributed by atoms with Crippen LogP contribution in [0.15, 0.2) is 27.6 Å². The molecule has 3 N–H and O–H groups in total. The number of carbonyl (C=O) groups excluding carboxylic acids is 1. The number of carbonyl (C=O) groups is 1. The topological polar surface area (TPSA) is 95.3 Å². The fourth-order valence-electron chi connectivity index (χ4n) is 5.39. The molecule has 0 radical (unpaired) electrons. The van der Waals surface area contributed by atoms with Crippen molar-refractivity contribution in [3.8, 4) is 10.7 Å². The molecule has 3 fully saturated rings. The molecule has 5 atom stereocenters. The van der Waals surface area contributed by atoms with Crippen LogP contribution in [0.3, 0.4) is 0 Å². The van der Waals surface area contributed by atoms with Crippen LogP contribution in [-0.2, 0) is 0 Å². The summed E-state index contributed by atoms with van der Waals surface area (Å²) in [4.78, 5) is 18.0. The molecule has 3 aliphatic heterocycles. The highest BCUT2D eigenvalue weighted by Gasteiger charge is 2.46. The number of amides is 2. The molecule has 14 heteroatoms. The molecule has 3 saturated heterocycles. The summed E-state index contributed by atoms with van der Waals surface area (Å²) in [5.41, 5.74) is -3.96. The predicted molar refractivity (Wildman–Crippen MR) is 128 cm³/mol. The molecule has 192 valence electrons. The van der Waals surface area contributed by atoms with Gasteiger partial charge in [-0.15, -0.1) is 11.3 Å². The number of alkyl halides is 4. The van der Waals surface area contributed by atoms with Crippen molar-refractivity contribution in [2.45, 2.75) is 60.0 Å². The van der Waals surface area contributed by atoms with Crippen LogP contribution >= 0.6 is 23.1 Å². The van der Waals surface area contributed by atoms with Crippen molar-refractivity contribution in [2.24, 2.45) is 0 Å². The van der Waals surface area contributed by atoms with Crippen molar-refractivity contribution in [3.63, 3.8) is 0 Å². The Hall–Kier alpha value is -2.58. The van der Waals surface area contributed by atoms with Crippen LogP contribution in [0.2, 0.25) is 0 Å².